The zero-order chi connectivity index (χ0) is 15.8. The molecule has 120 valence electrons. The average Bonchev–Trinajstić information content (AvgIpc) is 2.35. The van der Waals surface area contributed by atoms with E-state index in [2.05, 4.69) is 5.32 Å². The van der Waals surface area contributed by atoms with E-state index in [1.165, 1.54) is 6.42 Å². The topological polar surface area (TPSA) is 63.2 Å². The number of aryl methyl sites for hydroxylation is 1. The van der Waals surface area contributed by atoms with Gasteiger partial charge in [0, 0.05) is 6.54 Å². The van der Waals surface area contributed by atoms with Crippen molar-refractivity contribution in [2.45, 2.75) is 55.1 Å². The minimum absolute atomic E-state index is 0.261. The van der Waals surface area contributed by atoms with E-state index in [1.807, 2.05) is 6.92 Å². The minimum Gasteiger partial charge on any atom is -0.354 e. The molecule has 2 aliphatic rings. The van der Waals surface area contributed by atoms with Crippen molar-refractivity contribution in [2.75, 3.05) is 6.54 Å². The molecule has 1 N–H and O–H groups in total. The quantitative estimate of drug-likeness (QED) is 0.906. The molecule has 0 heterocycles. The lowest BCUT2D eigenvalue weighted by Gasteiger charge is -2.40. The van der Waals surface area contributed by atoms with E-state index >= 15 is 0 Å². The minimum atomic E-state index is -3.63. The number of rotatable bonds is 5. The van der Waals surface area contributed by atoms with E-state index in [-0.39, 0.29) is 10.8 Å². The van der Waals surface area contributed by atoms with Crippen LogP contribution >= 0.6 is 0 Å². The van der Waals surface area contributed by atoms with E-state index in [0.29, 0.717) is 25.3 Å². The van der Waals surface area contributed by atoms with Crippen LogP contribution in [0.4, 0.5) is 0 Å². The van der Waals surface area contributed by atoms with Gasteiger partial charge in [0.25, 0.3) is 0 Å². The average molecular weight is 321 g/mol. The first-order valence-corrected chi connectivity index (χ1v) is 9.54. The summed E-state index contributed by atoms with van der Waals surface area (Å²) in [7, 11) is -3.63. The van der Waals surface area contributed by atoms with Crippen molar-refractivity contribution in [1.82, 2.24) is 5.32 Å². The number of amides is 1. The summed E-state index contributed by atoms with van der Waals surface area (Å²) in [5.41, 5.74) is 1.01. The van der Waals surface area contributed by atoms with Crippen molar-refractivity contribution in [3.8, 4) is 0 Å². The summed E-state index contributed by atoms with van der Waals surface area (Å²) < 4.78 is 24.7. The van der Waals surface area contributed by atoms with Gasteiger partial charge in [-0.15, -0.1) is 0 Å². The SMILES string of the molecule is Cc1ccc(S(=O)(=O)C2(C(=O)NCC3CCC3)CCC2)cc1. The molecule has 4 nitrogen and oxygen atoms in total. The second kappa shape index (κ2) is 5.69. The summed E-state index contributed by atoms with van der Waals surface area (Å²) in [5, 5.41) is 2.90. The maximum absolute atomic E-state index is 13.0. The van der Waals surface area contributed by atoms with Crippen LogP contribution in [0, 0.1) is 12.8 Å². The van der Waals surface area contributed by atoms with E-state index in [1.54, 1.807) is 24.3 Å². The number of carbonyl (C=O) groups is 1. The molecule has 2 aliphatic carbocycles. The lowest BCUT2D eigenvalue weighted by molar-refractivity contribution is -0.126. The molecule has 0 radical (unpaired) electrons. The summed E-state index contributed by atoms with van der Waals surface area (Å²) >= 11 is 0. The van der Waals surface area contributed by atoms with Gasteiger partial charge in [0.1, 0.15) is 0 Å². The van der Waals surface area contributed by atoms with Gasteiger partial charge in [-0.05, 0) is 57.1 Å². The first-order valence-electron chi connectivity index (χ1n) is 8.05. The highest BCUT2D eigenvalue weighted by Crippen LogP contribution is 2.43. The third-order valence-electron chi connectivity index (χ3n) is 5.20. The van der Waals surface area contributed by atoms with Gasteiger partial charge in [-0.3, -0.25) is 4.79 Å². The molecule has 3 rings (SSSR count). The van der Waals surface area contributed by atoms with Crippen LogP contribution in [-0.4, -0.2) is 25.6 Å². The standard InChI is InChI=1S/C17H23NO3S/c1-13-6-8-15(9-7-13)22(20,21)17(10-3-11-17)16(19)18-12-14-4-2-5-14/h6-9,14H,2-5,10-12H2,1H3,(H,18,19). The smallest absolute Gasteiger partial charge is 0.241 e. The monoisotopic (exact) mass is 321 g/mol. The summed E-state index contributed by atoms with van der Waals surface area (Å²) in [5.74, 6) is 0.231. The molecule has 0 atom stereocenters. The Balaban J connectivity index is 1.81. The highest BCUT2D eigenvalue weighted by Gasteiger charge is 2.55. The zero-order valence-corrected chi connectivity index (χ0v) is 13.8. The number of nitrogens with one attached hydrogen (secondary N) is 1. The van der Waals surface area contributed by atoms with Gasteiger partial charge in [0.2, 0.25) is 5.91 Å². The number of sulfone groups is 1. The van der Waals surface area contributed by atoms with Gasteiger partial charge in [-0.1, -0.05) is 24.1 Å². The van der Waals surface area contributed by atoms with Crippen molar-refractivity contribution in [3.05, 3.63) is 29.8 Å². The fourth-order valence-corrected chi connectivity index (χ4v) is 5.24. The number of hydrogen-bond acceptors (Lipinski definition) is 3. The molecule has 0 saturated heterocycles. The Hall–Kier alpha value is -1.36. The molecule has 22 heavy (non-hydrogen) atoms. The van der Waals surface area contributed by atoms with Gasteiger partial charge in [-0.25, -0.2) is 8.42 Å². The first kappa shape index (κ1) is 15.5. The predicted octanol–water partition coefficient (Wildman–Crippen LogP) is 2.61. The summed E-state index contributed by atoms with van der Waals surface area (Å²) in [6, 6.07) is 6.80. The molecule has 0 aliphatic heterocycles. The molecule has 1 amide bonds. The van der Waals surface area contributed by atoms with Gasteiger partial charge in [0.15, 0.2) is 14.6 Å². The van der Waals surface area contributed by atoms with E-state index in [4.69, 9.17) is 0 Å². The van der Waals surface area contributed by atoms with Crippen molar-refractivity contribution >= 4 is 15.7 Å². The molecule has 0 unspecified atom stereocenters. The number of hydrogen-bond donors (Lipinski definition) is 1. The first-order chi connectivity index (χ1) is 10.5. The Labute approximate surface area is 132 Å². The Bertz CT molecular complexity index is 656. The normalized spacial score (nSPS) is 20.8. The molecule has 0 aromatic heterocycles. The van der Waals surface area contributed by atoms with E-state index in [0.717, 1.165) is 24.8 Å². The molecule has 0 spiro atoms. The Morgan fingerprint density at radius 1 is 1.18 bits per heavy atom. The summed E-state index contributed by atoms with van der Waals surface area (Å²) in [6.07, 6.45) is 5.14. The number of benzene rings is 1. The lowest BCUT2D eigenvalue weighted by Crippen LogP contribution is -2.57. The predicted molar refractivity (Wildman–Crippen MR) is 85.3 cm³/mol. The van der Waals surface area contributed by atoms with Crippen LogP contribution in [0.3, 0.4) is 0 Å². The van der Waals surface area contributed by atoms with Crippen LogP contribution < -0.4 is 5.32 Å². The van der Waals surface area contributed by atoms with Crippen LogP contribution in [0.1, 0.15) is 44.1 Å². The largest absolute Gasteiger partial charge is 0.354 e. The summed E-state index contributed by atoms with van der Waals surface area (Å²) in [4.78, 5) is 12.8. The second-order valence-electron chi connectivity index (χ2n) is 6.67. The third-order valence-corrected chi connectivity index (χ3v) is 7.71. The van der Waals surface area contributed by atoms with Crippen molar-refractivity contribution in [1.29, 1.82) is 0 Å². The van der Waals surface area contributed by atoms with E-state index < -0.39 is 14.6 Å². The van der Waals surface area contributed by atoms with Gasteiger partial charge in [0.05, 0.1) is 4.90 Å². The third kappa shape index (κ3) is 2.45. The van der Waals surface area contributed by atoms with Crippen molar-refractivity contribution in [3.63, 3.8) is 0 Å². The molecular formula is C17H23NO3S. The van der Waals surface area contributed by atoms with Gasteiger partial charge >= 0.3 is 0 Å². The maximum atomic E-state index is 13.0. The van der Waals surface area contributed by atoms with Gasteiger partial charge in [-0.2, -0.15) is 0 Å². The van der Waals surface area contributed by atoms with Crippen LogP contribution in [0.5, 0.6) is 0 Å². The van der Waals surface area contributed by atoms with Crippen molar-refractivity contribution < 1.29 is 13.2 Å². The fourth-order valence-electron chi connectivity index (χ4n) is 3.15. The zero-order valence-electron chi connectivity index (χ0n) is 13.0. The van der Waals surface area contributed by atoms with E-state index in [9.17, 15) is 13.2 Å². The van der Waals surface area contributed by atoms with Crippen LogP contribution in [-0.2, 0) is 14.6 Å². The van der Waals surface area contributed by atoms with Crippen molar-refractivity contribution in [2.24, 2.45) is 5.92 Å². The van der Waals surface area contributed by atoms with Crippen LogP contribution in [0.15, 0.2) is 29.2 Å². The Kier molecular flexibility index (Phi) is 4.02. The lowest BCUT2D eigenvalue weighted by atomic mass is 9.82. The fraction of sp³-hybridized carbons (Fsp3) is 0.588. The molecule has 5 heteroatoms. The molecule has 2 fully saturated rings. The van der Waals surface area contributed by atoms with Crippen LogP contribution in [0.2, 0.25) is 0 Å². The number of carbonyl (C=O) groups excluding carboxylic acids is 1. The summed E-state index contributed by atoms with van der Waals surface area (Å²) in [6.45, 7) is 2.53. The Morgan fingerprint density at radius 2 is 1.82 bits per heavy atom. The second-order valence-corrected chi connectivity index (χ2v) is 8.93. The Morgan fingerprint density at radius 3 is 2.27 bits per heavy atom. The maximum Gasteiger partial charge on any atom is 0.241 e. The molecule has 1 aromatic carbocycles. The van der Waals surface area contributed by atoms with Gasteiger partial charge < -0.3 is 5.32 Å². The van der Waals surface area contributed by atoms with Crippen LogP contribution in [0.25, 0.3) is 0 Å². The highest BCUT2D eigenvalue weighted by molar-refractivity contribution is 7.93. The molecular weight excluding hydrogens is 298 g/mol. The molecule has 0 bridgehead atoms. The highest BCUT2D eigenvalue weighted by atomic mass is 32.2. The molecule has 2 saturated carbocycles. The molecule has 1 aromatic rings.